The average Bonchev–Trinajstić information content (AvgIpc) is 2.41. The summed E-state index contributed by atoms with van der Waals surface area (Å²) in [6.45, 7) is 4.99. The van der Waals surface area contributed by atoms with Crippen LogP contribution in [0.15, 0.2) is 27.6 Å². The maximum Gasteiger partial charge on any atom is 0.247 e. The zero-order chi connectivity index (χ0) is 14.9. The van der Waals surface area contributed by atoms with E-state index in [1.54, 1.807) is 22.5 Å². The lowest BCUT2D eigenvalue weighted by molar-refractivity contribution is 0.244. The van der Waals surface area contributed by atoms with E-state index in [1.165, 1.54) is 7.11 Å². The molecule has 1 aromatic carbocycles. The minimum absolute atomic E-state index is 0. The summed E-state index contributed by atoms with van der Waals surface area (Å²) in [5, 5.41) is 3.28. The van der Waals surface area contributed by atoms with Crippen molar-refractivity contribution < 1.29 is 13.2 Å². The van der Waals surface area contributed by atoms with E-state index >= 15 is 0 Å². The molecule has 1 aromatic rings. The largest absolute Gasteiger partial charge is 0.495 e. The molecule has 1 aliphatic heterocycles. The molecule has 0 bridgehead atoms. The van der Waals surface area contributed by atoms with Gasteiger partial charge in [-0.15, -0.1) is 12.4 Å². The lowest BCUT2D eigenvalue weighted by atomic mass is 10.2. The summed E-state index contributed by atoms with van der Waals surface area (Å²) in [5.41, 5.74) is 0. The summed E-state index contributed by atoms with van der Waals surface area (Å²) in [4.78, 5) is 0.204. The van der Waals surface area contributed by atoms with Gasteiger partial charge in [0.1, 0.15) is 10.6 Å². The Kier molecular flexibility index (Phi) is 6.49. The van der Waals surface area contributed by atoms with Gasteiger partial charge in [-0.05, 0) is 32.0 Å². The average molecular weight is 400 g/mol. The van der Waals surface area contributed by atoms with Crippen molar-refractivity contribution in [2.24, 2.45) is 0 Å². The van der Waals surface area contributed by atoms with Gasteiger partial charge in [0.05, 0.1) is 7.11 Å². The topological polar surface area (TPSA) is 58.6 Å². The van der Waals surface area contributed by atoms with Crippen LogP contribution in [0.2, 0.25) is 0 Å². The minimum Gasteiger partial charge on any atom is -0.495 e. The van der Waals surface area contributed by atoms with E-state index in [2.05, 4.69) is 21.2 Å². The number of methoxy groups -OCH3 is 1. The zero-order valence-corrected chi connectivity index (χ0v) is 15.4. The number of ether oxygens (including phenoxy) is 1. The summed E-state index contributed by atoms with van der Waals surface area (Å²) in [5.74, 6) is 0.367. The van der Waals surface area contributed by atoms with Gasteiger partial charge in [-0.25, -0.2) is 8.42 Å². The quantitative estimate of drug-likeness (QED) is 0.847. The van der Waals surface area contributed by atoms with Crippen molar-refractivity contribution in [3.63, 3.8) is 0 Å². The first-order valence-electron chi connectivity index (χ1n) is 6.45. The number of sulfonamides is 1. The van der Waals surface area contributed by atoms with E-state index in [1.807, 2.05) is 13.8 Å². The summed E-state index contributed by atoms with van der Waals surface area (Å²) in [6, 6.07) is 5.07. The molecule has 21 heavy (non-hydrogen) atoms. The third-order valence-electron chi connectivity index (χ3n) is 3.42. The molecular formula is C13H20BrClN2O3S. The molecule has 8 heteroatoms. The minimum atomic E-state index is -3.57. The number of hydrogen-bond acceptors (Lipinski definition) is 4. The standard InChI is InChI=1S/C13H19BrN2O3S.ClH/c1-9-8-16(10(2)7-15-9)20(17,18)13-6-11(14)4-5-12(13)19-3;/h4-6,9-10,15H,7-8H2,1-3H3;1H. The lowest BCUT2D eigenvalue weighted by Gasteiger charge is -2.36. The Morgan fingerprint density at radius 1 is 1.38 bits per heavy atom. The van der Waals surface area contributed by atoms with Crippen LogP contribution in [0.4, 0.5) is 0 Å². The third-order valence-corrected chi connectivity index (χ3v) is 5.91. The molecule has 0 amide bonds. The predicted octanol–water partition coefficient (Wildman–Crippen LogP) is 2.25. The van der Waals surface area contributed by atoms with Crippen molar-refractivity contribution in [1.82, 2.24) is 9.62 Å². The van der Waals surface area contributed by atoms with Gasteiger partial charge in [0.2, 0.25) is 10.0 Å². The van der Waals surface area contributed by atoms with Gasteiger partial charge in [-0.1, -0.05) is 15.9 Å². The number of nitrogens with zero attached hydrogens (tertiary/aromatic N) is 1. The predicted molar refractivity (Wildman–Crippen MR) is 88.8 cm³/mol. The first-order valence-corrected chi connectivity index (χ1v) is 8.68. The Hall–Kier alpha value is -0.340. The maximum absolute atomic E-state index is 12.9. The van der Waals surface area contributed by atoms with Crippen molar-refractivity contribution >= 4 is 38.4 Å². The lowest BCUT2D eigenvalue weighted by Crippen LogP contribution is -2.56. The molecule has 2 atom stereocenters. The Balaban J connectivity index is 0.00000220. The van der Waals surface area contributed by atoms with Crippen molar-refractivity contribution in [2.75, 3.05) is 20.2 Å². The molecule has 0 radical (unpaired) electrons. The highest BCUT2D eigenvalue weighted by molar-refractivity contribution is 9.10. The summed E-state index contributed by atoms with van der Waals surface area (Å²) >= 11 is 3.32. The van der Waals surface area contributed by atoms with Crippen LogP contribution in [0, 0.1) is 0 Å². The molecule has 1 aliphatic rings. The Labute approximate surface area is 140 Å². The summed E-state index contributed by atoms with van der Waals surface area (Å²) in [7, 11) is -2.09. The molecule has 1 fully saturated rings. The molecule has 0 spiro atoms. The highest BCUT2D eigenvalue weighted by atomic mass is 79.9. The van der Waals surface area contributed by atoms with Crippen LogP contribution in [-0.2, 0) is 10.0 Å². The second-order valence-electron chi connectivity index (χ2n) is 5.03. The second-order valence-corrected chi connectivity index (χ2v) is 7.80. The number of hydrogen-bond donors (Lipinski definition) is 1. The monoisotopic (exact) mass is 398 g/mol. The van der Waals surface area contributed by atoms with Crippen LogP contribution in [0.5, 0.6) is 5.75 Å². The molecule has 1 N–H and O–H groups in total. The van der Waals surface area contributed by atoms with Crippen LogP contribution < -0.4 is 10.1 Å². The van der Waals surface area contributed by atoms with Gasteiger partial charge >= 0.3 is 0 Å². The molecular weight excluding hydrogens is 380 g/mol. The smallest absolute Gasteiger partial charge is 0.247 e. The molecule has 2 unspecified atom stereocenters. The van der Waals surface area contributed by atoms with Crippen LogP contribution >= 0.6 is 28.3 Å². The summed E-state index contributed by atoms with van der Waals surface area (Å²) in [6.07, 6.45) is 0. The highest BCUT2D eigenvalue weighted by Gasteiger charge is 2.35. The molecule has 1 saturated heterocycles. The molecule has 5 nitrogen and oxygen atoms in total. The summed E-state index contributed by atoms with van der Waals surface area (Å²) < 4.78 is 33.2. The number of benzene rings is 1. The van der Waals surface area contributed by atoms with E-state index in [0.29, 0.717) is 23.3 Å². The Bertz CT molecular complexity index is 597. The first kappa shape index (κ1) is 18.7. The number of rotatable bonds is 3. The van der Waals surface area contributed by atoms with Crippen LogP contribution in [-0.4, -0.2) is 45.0 Å². The number of halogens is 2. The molecule has 1 heterocycles. The fraction of sp³-hybridized carbons (Fsp3) is 0.538. The number of nitrogens with one attached hydrogen (secondary N) is 1. The Morgan fingerprint density at radius 2 is 2.05 bits per heavy atom. The van der Waals surface area contributed by atoms with Gasteiger partial charge in [0, 0.05) is 29.6 Å². The second kappa shape index (κ2) is 7.28. The zero-order valence-electron chi connectivity index (χ0n) is 12.2. The van der Waals surface area contributed by atoms with Crippen molar-refractivity contribution in [1.29, 1.82) is 0 Å². The van der Waals surface area contributed by atoms with E-state index in [-0.39, 0.29) is 29.4 Å². The van der Waals surface area contributed by atoms with Crippen molar-refractivity contribution in [3.05, 3.63) is 22.7 Å². The molecule has 0 aromatic heterocycles. The van der Waals surface area contributed by atoms with Crippen molar-refractivity contribution in [3.8, 4) is 5.75 Å². The third kappa shape index (κ3) is 3.90. The van der Waals surface area contributed by atoms with E-state index < -0.39 is 10.0 Å². The van der Waals surface area contributed by atoms with E-state index in [9.17, 15) is 8.42 Å². The molecule has 0 saturated carbocycles. The SMILES string of the molecule is COc1ccc(Br)cc1S(=O)(=O)N1CC(C)NCC1C.Cl. The van der Waals surface area contributed by atoms with Gasteiger partial charge in [0.15, 0.2) is 0 Å². The first-order chi connectivity index (χ1) is 9.36. The van der Waals surface area contributed by atoms with Crippen LogP contribution in [0.25, 0.3) is 0 Å². The van der Waals surface area contributed by atoms with Crippen molar-refractivity contribution in [2.45, 2.75) is 30.8 Å². The fourth-order valence-corrected chi connectivity index (χ4v) is 4.72. The van der Waals surface area contributed by atoms with Gasteiger partial charge < -0.3 is 10.1 Å². The highest BCUT2D eigenvalue weighted by Crippen LogP contribution is 2.31. The Morgan fingerprint density at radius 3 is 2.67 bits per heavy atom. The number of piperazine rings is 1. The van der Waals surface area contributed by atoms with E-state index in [0.717, 1.165) is 0 Å². The van der Waals surface area contributed by atoms with Crippen LogP contribution in [0.1, 0.15) is 13.8 Å². The molecule has 2 rings (SSSR count). The fourth-order valence-electron chi connectivity index (χ4n) is 2.30. The van der Waals surface area contributed by atoms with Gasteiger partial charge in [-0.3, -0.25) is 0 Å². The van der Waals surface area contributed by atoms with Crippen LogP contribution in [0.3, 0.4) is 0 Å². The molecule has 120 valence electrons. The normalized spacial score (nSPS) is 23.4. The molecule has 0 aliphatic carbocycles. The maximum atomic E-state index is 12.9. The van der Waals surface area contributed by atoms with Gasteiger partial charge in [0.25, 0.3) is 0 Å². The van der Waals surface area contributed by atoms with E-state index in [4.69, 9.17) is 4.74 Å². The van der Waals surface area contributed by atoms with Gasteiger partial charge in [-0.2, -0.15) is 4.31 Å².